The van der Waals surface area contributed by atoms with Crippen LogP contribution in [0.4, 0.5) is 26.1 Å². The van der Waals surface area contributed by atoms with E-state index in [0.29, 0.717) is 23.1 Å². The summed E-state index contributed by atoms with van der Waals surface area (Å²) in [7, 11) is 0. The van der Waals surface area contributed by atoms with Crippen molar-refractivity contribution >= 4 is 29.1 Å². The second-order valence-corrected chi connectivity index (χ2v) is 9.54. The van der Waals surface area contributed by atoms with Gasteiger partial charge in [-0.05, 0) is 53.4 Å². The van der Waals surface area contributed by atoms with Crippen LogP contribution in [0.2, 0.25) is 0 Å². The first-order valence-electron chi connectivity index (χ1n) is 11.7. The summed E-state index contributed by atoms with van der Waals surface area (Å²) in [6.07, 6.45) is 4.38. The van der Waals surface area contributed by atoms with Gasteiger partial charge in [0.05, 0.1) is 6.10 Å². The maximum Gasteiger partial charge on any atom is 0.261 e. The van der Waals surface area contributed by atoms with Crippen LogP contribution in [-0.4, -0.2) is 56.9 Å². The zero-order valence-electron chi connectivity index (χ0n) is 22.3. The van der Waals surface area contributed by atoms with Gasteiger partial charge in [-0.25, -0.2) is 18.7 Å². The summed E-state index contributed by atoms with van der Waals surface area (Å²) in [5.41, 5.74) is 13.4. The van der Waals surface area contributed by atoms with Crippen LogP contribution < -0.4 is 16.8 Å². The van der Waals surface area contributed by atoms with Gasteiger partial charge in [-0.3, -0.25) is 0 Å². The molecule has 0 aromatic carbocycles. The normalized spacial score (nSPS) is 16.4. The number of rotatable bonds is 9. The zero-order chi connectivity index (χ0) is 28.3. The summed E-state index contributed by atoms with van der Waals surface area (Å²) >= 11 is 1.52. The smallest absolute Gasteiger partial charge is 0.261 e. The van der Waals surface area contributed by atoms with Crippen molar-refractivity contribution in [3.8, 4) is 0 Å². The Hall–Kier alpha value is -2.21. The first-order valence-corrected chi connectivity index (χ1v) is 12.7. The average molecular weight is 534 g/mol. The van der Waals surface area contributed by atoms with Gasteiger partial charge >= 0.3 is 0 Å². The van der Waals surface area contributed by atoms with Crippen molar-refractivity contribution in [1.29, 1.82) is 0 Å². The van der Waals surface area contributed by atoms with E-state index in [-0.39, 0.29) is 18.0 Å². The van der Waals surface area contributed by atoms with E-state index >= 15 is 0 Å². The molecule has 1 saturated carbocycles. The molecule has 2 unspecified atom stereocenters. The van der Waals surface area contributed by atoms with Gasteiger partial charge in [-0.15, -0.1) is 13.2 Å². The first-order chi connectivity index (χ1) is 16.8. The van der Waals surface area contributed by atoms with Crippen molar-refractivity contribution in [3.05, 3.63) is 37.5 Å². The van der Waals surface area contributed by atoms with Crippen LogP contribution in [0.3, 0.4) is 0 Å². The summed E-state index contributed by atoms with van der Waals surface area (Å²) in [5.74, 6) is 0.163. The molecule has 36 heavy (non-hydrogen) atoms. The molecule has 1 heterocycles. The third-order valence-corrected chi connectivity index (χ3v) is 5.08. The Morgan fingerprint density at radius 3 is 2.28 bits per heavy atom. The van der Waals surface area contributed by atoms with Gasteiger partial charge < -0.3 is 31.7 Å². The summed E-state index contributed by atoms with van der Waals surface area (Å²) < 4.78 is 29.6. The molecule has 0 saturated heterocycles. The van der Waals surface area contributed by atoms with Crippen molar-refractivity contribution in [2.75, 3.05) is 29.1 Å². The number of aliphatic hydroxyl groups is 2. The maximum absolute atomic E-state index is 12.2. The minimum absolute atomic E-state index is 0.0818. The number of aromatic nitrogens is 2. The minimum atomic E-state index is -2.43. The Morgan fingerprint density at radius 2 is 1.83 bits per heavy atom. The first kappa shape index (κ1) is 35.9. The third-order valence-electron chi connectivity index (χ3n) is 4.02. The third kappa shape index (κ3) is 20.0. The second kappa shape index (κ2) is 19.9. The van der Waals surface area contributed by atoms with E-state index in [4.69, 9.17) is 26.4 Å². The molecule has 0 amide bonds. The van der Waals surface area contributed by atoms with Crippen LogP contribution in [0.15, 0.2) is 42.6 Å². The quantitative estimate of drug-likeness (QED) is 0.0927. The van der Waals surface area contributed by atoms with Crippen molar-refractivity contribution < 1.29 is 23.7 Å². The number of nitrogens with one attached hydrogen (secondary N) is 1. The molecule has 2 rings (SSSR count). The fraction of sp³-hybridized carbons (Fsp3) is 0.600. The number of hydrogen-bond acceptors (Lipinski definition) is 9. The molecule has 0 bridgehead atoms. The maximum atomic E-state index is 12.2. The Labute approximate surface area is 219 Å². The number of nitrogen functional groups attached to an aromatic ring is 2. The van der Waals surface area contributed by atoms with Gasteiger partial charge in [0.1, 0.15) is 12.3 Å². The predicted molar refractivity (Wildman–Crippen MR) is 148 cm³/mol. The van der Waals surface area contributed by atoms with Crippen LogP contribution in [0.5, 0.6) is 0 Å². The van der Waals surface area contributed by atoms with E-state index in [0.717, 1.165) is 25.0 Å². The van der Waals surface area contributed by atoms with E-state index in [9.17, 15) is 8.78 Å². The lowest BCUT2D eigenvalue weighted by Crippen LogP contribution is -2.21. The lowest BCUT2D eigenvalue weighted by atomic mass is 10.2. The van der Waals surface area contributed by atoms with Crippen LogP contribution >= 0.6 is 11.8 Å². The summed E-state index contributed by atoms with van der Waals surface area (Å²) in [6, 6.07) is 0.0818. The van der Waals surface area contributed by atoms with Gasteiger partial charge in [0.2, 0.25) is 0 Å². The number of thioether (sulfide) groups is 1. The molecule has 1 aliphatic rings. The molecule has 1 aromatic heterocycles. The van der Waals surface area contributed by atoms with E-state index in [1.165, 1.54) is 31.2 Å². The summed E-state index contributed by atoms with van der Waals surface area (Å²) in [6.45, 7) is 17.8. The zero-order valence-corrected chi connectivity index (χ0v) is 23.1. The van der Waals surface area contributed by atoms with E-state index in [1.54, 1.807) is 6.08 Å². The van der Waals surface area contributed by atoms with Crippen molar-refractivity contribution in [1.82, 2.24) is 9.97 Å². The van der Waals surface area contributed by atoms with E-state index in [2.05, 4.69) is 41.9 Å². The molecule has 0 radical (unpaired) electrons. The van der Waals surface area contributed by atoms with E-state index < -0.39 is 18.8 Å². The monoisotopic (exact) mass is 533 g/mol. The van der Waals surface area contributed by atoms with Gasteiger partial charge in [0.25, 0.3) is 6.43 Å². The van der Waals surface area contributed by atoms with Gasteiger partial charge in [0.15, 0.2) is 22.6 Å². The standard InChI is InChI=1S/C14H23F2N5OS.C6H10.C3H8O2.C2H4/c1-2-5-23-14-20-12(18)11(17)13(21-14)19-8-3-4-9(6-8)22-7-10(15)16;1-4-5-6(2)3;1-3(2,4)5;1-2/h8-10H,2-7,17H2,1H3,(H3,18,19,20,21);4-5H,1H2,2-3H3;4-5H,1-2H3;1-2H2. The summed E-state index contributed by atoms with van der Waals surface area (Å²) in [5, 5.41) is 20.0. The number of nitrogens with two attached hydrogens (primary N) is 2. The van der Waals surface area contributed by atoms with Gasteiger partial charge in [0, 0.05) is 11.8 Å². The molecular formula is C25H45F2N5O3S. The molecule has 1 aliphatic carbocycles. The average Bonchev–Trinajstić information content (AvgIpc) is 3.22. The Balaban J connectivity index is 0. The minimum Gasteiger partial charge on any atom is -0.393 e. The summed E-state index contributed by atoms with van der Waals surface area (Å²) in [4.78, 5) is 8.57. The molecule has 1 aromatic rings. The molecule has 0 aliphatic heterocycles. The number of anilines is 3. The SMILES string of the molecule is C=C.C=CC=C(C)C.CC(C)(O)O.CCCSc1nc(N)c(N)c(NC2CCC(OCC(F)F)C2)n1. The molecular weight excluding hydrogens is 488 g/mol. The number of nitrogens with zero attached hydrogens (tertiary/aromatic N) is 2. The van der Waals surface area contributed by atoms with Gasteiger partial charge in [-0.2, -0.15) is 0 Å². The highest BCUT2D eigenvalue weighted by molar-refractivity contribution is 7.99. The van der Waals surface area contributed by atoms with Crippen LogP contribution in [0.25, 0.3) is 0 Å². The van der Waals surface area contributed by atoms with Crippen LogP contribution in [0.1, 0.15) is 60.3 Å². The Bertz CT molecular complexity index is 767. The molecule has 2 atom stereocenters. The fourth-order valence-electron chi connectivity index (χ4n) is 2.69. The fourth-order valence-corrected chi connectivity index (χ4v) is 3.40. The lowest BCUT2D eigenvalue weighted by Gasteiger charge is -2.17. The van der Waals surface area contributed by atoms with Crippen molar-refractivity contribution in [2.24, 2.45) is 0 Å². The lowest BCUT2D eigenvalue weighted by molar-refractivity contribution is -0.127. The van der Waals surface area contributed by atoms with Crippen LogP contribution in [0, 0.1) is 0 Å². The number of hydrogen-bond donors (Lipinski definition) is 5. The van der Waals surface area contributed by atoms with E-state index in [1.807, 2.05) is 19.9 Å². The van der Waals surface area contributed by atoms with Gasteiger partial charge in [-0.1, -0.05) is 43.0 Å². The molecule has 1 fully saturated rings. The largest absolute Gasteiger partial charge is 0.393 e. The van der Waals surface area contributed by atoms with Crippen molar-refractivity contribution in [3.63, 3.8) is 0 Å². The van der Waals surface area contributed by atoms with Crippen molar-refractivity contribution in [2.45, 2.75) is 89.8 Å². The second-order valence-electron chi connectivity index (χ2n) is 8.48. The molecule has 208 valence electrons. The number of alkyl halides is 2. The Kier molecular flexibility index (Phi) is 19.9. The highest BCUT2D eigenvalue weighted by Gasteiger charge is 2.27. The topological polar surface area (TPSA) is 140 Å². The number of ether oxygens (including phenoxy) is 1. The number of halogens is 2. The Morgan fingerprint density at radius 1 is 1.25 bits per heavy atom. The van der Waals surface area contributed by atoms with Crippen LogP contribution in [-0.2, 0) is 4.74 Å². The highest BCUT2D eigenvalue weighted by Crippen LogP contribution is 2.30. The predicted octanol–water partition coefficient (Wildman–Crippen LogP) is 5.41. The molecule has 11 heteroatoms. The molecule has 8 nitrogen and oxygen atoms in total. The molecule has 0 spiro atoms. The number of allylic oxidation sites excluding steroid dienone is 3. The molecule has 7 N–H and O–H groups in total. The highest BCUT2D eigenvalue weighted by atomic mass is 32.2.